The van der Waals surface area contributed by atoms with E-state index < -0.39 is 0 Å². The highest BCUT2D eigenvalue weighted by Crippen LogP contribution is 2.28. The summed E-state index contributed by atoms with van der Waals surface area (Å²) in [5.74, 6) is 1.68. The zero-order chi connectivity index (χ0) is 15.1. The Balaban J connectivity index is 2.01. The van der Waals surface area contributed by atoms with Crippen LogP contribution < -0.4 is 5.32 Å². The molecule has 0 spiro atoms. The average Bonchev–Trinajstić information content (AvgIpc) is 2.46. The summed E-state index contributed by atoms with van der Waals surface area (Å²) >= 11 is 5.32. The smallest absolute Gasteiger partial charge is 0.139 e. The molecule has 1 aromatic carbocycles. The topological polar surface area (TPSA) is 37.8 Å². The molecule has 0 atom stereocenters. The van der Waals surface area contributed by atoms with Crippen LogP contribution >= 0.6 is 27.7 Å². The Morgan fingerprint density at radius 1 is 1.24 bits per heavy atom. The van der Waals surface area contributed by atoms with E-state index in [0.29, 0.717) is 0 Å². The van der Waals surface area contributed by atoms with Crippen molar-refractivity contribution in [3.05, 3.63) is 52.0 Å². The minimum Gasteiger partial charge on any atom is -0.311 e. The fraction of sp³-hybridized carbons (Fsp3) is 0.375. The van der Waals surface area contributed by atoms with Gasteiger partial charge >= 0.3 is 0 Å². The summed E-state index contributed by atoms with van der Waals surface area (Å²) in [6, 6.07) is 10.3. The van der Waals surface area contributed by atoms with Crippen molar-refractivity contribution in [2.24, 2.45) is 0 Å². The summed E-state index contributed by atoms with van der Waals surface area (Å²) < 4.78 is 1.12. The maximum absolute atomic E-state index is 4.64. The van der Waals surface area contributed by atoms with Crippen LogP contribution in [0.1, 0.15) is 30.6 Å². The third-order valence-corrected chi connectivity index (χ3v) is 4.90. The second-order valence-electron chi connectivity index (χ2n) is 4.81. The van der Waals surface area contributed by atoms with Gasteiger partial charge in [0.2, 0.25) is 0 Å². The Hall–Kier alpha value is -0.910. The van der Waals surface area contributed by atoms with E-state index in [-0.39, 0.29) is 0 Å². The van der Waals surface area contributed by atoms with Crippen LogP contribution in [0, 0.1) is 6.92 Å². The van der Waals surface area contributed by atoms with Gasteiger partial charge in [-0.15, -0.1) is 11.8 Å². The van der Waals surface area contributed by atoms with Crippen molar-refractivity contribution in [2.45, 2.75) is 37.5 Å². The monoisotopic (exact) mass is 365 g/mol. The van der Waals surface area contributed by atoms with Gasteiger partial charge in [0.25, 0.3) is 0 Å². The van der Waals surface area contributed by atoms with Crippen molar-refractivity contribution in [1.29, 1.82) is 0 Å². The Bertz CT molecular complexity index is 589. The van der Waals surface area contributed by atoms with E-state index in [9.17, 15) is 0 Å². The van der Waals surface area contributed by atoms with Crippen LogP contribution in [0.25, 0.3) is 0 Å². The summed E-state index contributed by atoms with van der Waals surface area (Å²) in [6.07, 6.45) is 1.13. The van der Waals surface area contributed by atoms with Gasteiger partial charge in [0.15, 0.2) is 0 Å². The number of aromatic nitrogens is 2. The highest BCUT2D eigenvalue weighted by Gasteiger charge is 2.05. The Morgan fingerprint density at radius 2 is 2.05 bits per heavy atom. The molecule has 1 N–H and O–H groups in total. The van der Waals surface area contributed by atoms with E-state index in [1.807, 2.05) is 19.1 Å². The summed E-state index contributed by atoms with van der Waals surface area (Å²) in [6.45, 7) is 6.02. The molecule has 0 amide bonds. The minimum atomic E-state index is 0.783. The van der Waals surface area contributed by atoms with Gasteiger partial charge in [0.05, 0.1) is 11.4 Å². The lowest BCUT2D eigenvalue weighted by Gasteiger charge is -2.07. The molecule has 0 saturated carbocycles. The highest BCUT2D eigenvalue weighted by molar-refractivity contribution is 9.10. The molecule has 1 heterocycles. The van der Waals surface area contributed by atoms with Crippen LogP contribution in [0.3, 0.4) is 0 Å². The molecule has 0 aliphatic heterocycles. The zero-order valence-corrected chi connectivity index (χ0v) is 14.8. The summed E-state index contributed by atoms with van der Waals surface area (Å²) in [7, 11) is 0. The predicted octanol–water partition coefficient (Wildman–Crippen LogP) is 4.34. The Labute approximate surface area is 139 Å². The van der Waals surface area contributed by atoms with Gasteiger partial charge in [-0.05, 0) is 54.0 Å². The van der Waals surface area contributed by atoms with E-state index in [2.05, 4.69) is 56.3 Å². The molecule has 1 aromatic heterocycles. The molecule has 5 heteroatoms. The molecule has 0 radical (unpaired) electrons. The molecule has 0 aliphatic rings. The summed E-state index contributed by atoms with van der Waals surface area (Å²) in [5, 5.41) is 3.38. The number of nitrogens with one attached hydrogen (secondary N) is 1. The first-order valence-electron chi connectivity index (χ1n) is 7.10. The third-order valence-electron chi connectivity index (χ3n) is 2.88. The Morgan fingerprint density at radius 3 is 2.81 bits per heavy atom. The molecule has 0 unspecified atom stereocenters. The Kier molecular flexibility index (Phi) is 6.67. The first-order chi connectivity index (χ1) is 10.2. The number of halogens is 1. The number of hydrogen-bond acceptors (Lipinski definition) is 4. The van der Waals surface area contributed by atoms with Crippen molar-refractivity contribution in [1.82, 2.24) is 15.3 Å². The van der Waals surface area contributed by atoms with Gasteiger partial charge in [-0.3, -0.25) is 0 Å². The van der Waals surface area contributed by atoms with E-state index in [1.165, 1.54) is 4.90 Å². The lowest BCUT2D eigenvalue weighted by Crippen LogP contribution is -2.15. The highest BCUT2D eigenvalue weighted by atomic mass is 79.9. The van der Waals surface area contributed by atoms with Crippen LogP contribution in [0.5, 0.6) is 0 Å². The second kappa shape index (κ2) is 8.51. The lowest BCUT2D eigenvalue weighted by molar-refractivity contribution is 0.659. The van der Waals surface area contributed by atoms with E-state index in [0.717, 1.165) is 46.9 Å². The van der Waals surface area contributed by atoms with Crippen LogP contribution in [0.15, 0.2) is 39.7 Å². The quantitative estimate of drug-likeness (QED) is 0.584. The zero-order valence-electron chi connectivity index (χ0n) is 12.4. The lowest BCUT2D eigenvalue weighted by atomic mass is 10.3. The summed E-state index contributed by atoms with van der Waals surface area (Å²) in [4.78, 5) is 10.4. The van der Waals surface area contributed by atoms with Crippen molar-refractivity contribution in [3.8, 4) is 0 Å². The average molecular weight is 366 g/mol. The minimum absolute atomic E-state index is 0.783. The van der Waals surface area contributed by atoms with Crippen molar-refractivity contribution in [3.63, 3.8) is 0 Å². The number of nitrogens with zero attached hydrogens (tertiary/aromatic N) is 2. The molecule has 112 valence electrons. The molecule has 0 aliphatic carbocycles. The number of aryl methyl sites for hydroxylation is 1. The van der Waals surface area contributed by atoms with Crippen LogP contribution in [-0.2, 0) is 12.3 Å². The maximum Gasteiger partial charge on any atom is 0.139 e. The second-order valence-corrected chi connectivity index (χ2v) is 6.68. The van der Waals surface area contributed by atoms with Crippen molar-refractivity contribution in [2.75, 3.05) is 6.54 Å². The van der Waals surface area contributed by atoms with Gasteiger partial charge in [-0.25, -0.2) is 9.97 Å². The standard InChI is InChI=1S/C16H20BrN3S/c1-3-8-18-10-13-9-12(2)19-16(20-13)11-21-15-7-5-4-6-14(15)17/h4-7,9,18H,3,8,10-11H2,1-2H3. The SMILES string of the molecule is CCCNCc1cc(C)nc(CSc2ccccc2Br)n1. The molecular formula is C16H20BrN3S. The van der Waals surface area contributed by atoms with Crippen LogP contribution in [0.4, 0.5) is 0 Å². The fourth-order valence-electron chi connectivity index (χ4n) is 1.95. The van der Waals surface area contributed by atoms with Crippen LogP contribution in [0.2, 0.25) is 0 Å². The van der Waals surface area contributed by atoms with E-state index >= 15 is 0 Å². The van der Waals surface area contributed by atoms with Gasteiger partial charge < -0.3 is 5.32 Å². The molecule has 2 rings (SSSR count). The first kappa shape index (κ1) is 16.5. The molecular weight excluding hydrogens is 346 g/mol. The van der Waals surface area contributed by atoms with Gasteiger partial charge in [0.1, 0.15) is 5.82 Å². The molecule has 0 bridgehead atoms. The van der Waals surface area contributed by atoms with Crippen LogP contribution in [-0.4, -0.2) is 16.5 Å². The van der Waals surface area contributed by atoms with Gasteiger partial charge in [-0.1, -0.05) is 19.1 Å². The third kappa shape index (κ3) is 5.41. The summed E-state index contributed by atoms with van der Waals surface area (Å²) in [5.41, 5.74) is 2.10. The normalized spacial score (nSPS) is 10.8. The molecule has 2 aromatic rings. The first-order valence-corrected chi connectivity index (χ1v) is 8.88. The fourth-order valence-corrected chi connectivity index (χ4v) is 3.38. The van der Waals surface area contributed by atoms with Gasteiger partial charge in [0, 0.05) is 21.6 Å². The van der Waals surface area contributed by atoms with Crippen molar-refractivity contribution >= 4 is 27.7 Å². The van der Waals surface area contributed by atoms with E-state index in [1.54, 1.807) is 11.8 Å². The maximum atomic E-state index is 4.64. The molecule has 0 saturated heterocycles. The number of thioether (sulfide) groups is 1. The largest absolute Gasteiger partial charge is 0.311 e. The van der Waals surface area contributed by atoms with Crippen molar-refractivity contribution < 1.29 is 0 Å². The predicted molar refractivity (Wildman–Crippen MR) is 92.5 cm³/mol. The number of hydrogen-bond donors (Lipinski definition) is 1. The molecule has 0 fully saturated rings. The van der Waals surface area contributed by atoms with Gasteiger partial charge in [-0.2, -0.15) is 0 Å². The van der Waals surface area contributed by atoms with E-state index in [4.69, 9.17) is 0 Å². The molecule has 3 nitrogen and oxygen atoms in total. The molecule has 21 heavy (non-hydrogen) atoms. The number of benzene rings is 1. The number of rotatable bonds is 7.